The van der Waals surface area contributed by atoms with Gasteiger partial charge in [0.25, 0.3) is 0 Å². The number of ether oxygens (including phenoxy) is 2. The van der Waals surface area contributed by atoms with Crippen LogP contribution in [0.4, 0.5) is 5.95 Å². The Morgan fingerprint density at radius 2 is 1.70 bits per heavy atom. The lowest BCUT2D eigenvalue weighted by Crippen LogP contribution is -2.45. The Kier molecular flexibility index (Phi) is 5.80. The van der Waals surface area contributed by atoms with Crippen molar-refractivity contribution in [2.45, 2.75) is 56.2 Å². The number of sulfonamides is 1. The van der Waals surface area contributed by atoms with Gasteiger partial charge in [-0.15, -0.1) is 0 Å². The number of fused-ring (bicyclic) bond motifs is 1. The summed E-state index contributed by atoms with van der Waals surface area (Å²) in [5.74, 6) is 0.449. The molecule has 2 fully saturated rings. The highest BCUT2D eigenvalue weighted by Gasteiger charge is 2.49. The third-order valence-electron chi connectivity index (χ3n) is 5.32. The molecule has 1 aromatic carbocycles. The van der Waals surface area contributed by atoms with Gasteiger partial charge in [0.2, 0.25) is 16.0 Å². The number of hydrogen-bond acceptors (Lipinski definition) is 7. The maximum Gasteiger partial charge on any atom is 0.223 e. The molecule has 9 heteroatoms. The second-order valence-electron chi connectivity index (χ2n) is 8.83. The summed E-state index contributed by atoms with van der Waals surface area (Å²) in [6.45, 7) is 6.96. The molecule has 0 saturated carbocycles. The number of aromatic nitrogens is 2. The summed E-state index contributed by atoms with van der Waals surface area (Å²) in [4.78, 5) is 8.91. The summed E-state index contributed by atoms with van der Waals surface area (Å²) in [5.41, 5.74) is 1.60. The van der Waals surface area contributed by atoms with Crippen molar-refractivity contribution in [3.05, 3.63) is 53.9 Å². The van der Waals surface area contributed by atoms with E-state index in [9.17, 15) is 8.42 Å². The first-order valence-corrected chi connectivity index (χ1v) is 11.7. The van der Waals surface area contributed by atoms with E-state index in [1.165, 1.54) is 0 Å². The number of benzene rings is 1. The molecule has 0 bridgehead atoms. The van der Waals surface area contributed by atoms with Gasteiger partial charge in [0.15, 0.2) is 0 Å². The average molecular weight is 433 g/mol. The second-order valence-corrected chi connectivity index (χ2v) is 10.6. The van der Waals surface area contributed by atoms with Gasteiger partial charge in [-0.05, 0) is 11.6 Å². The second kappa shape index (κ2) is 8.22. The molecule has 4 atom stereocenters. The molecule has 0 aliphatic carbocycles. The van der Waals surface area contributed by atoms with Crippen LogP contribution in [-0.2, 0) is 30.7 Å². The van der Waals surface area contributed by atoms with Gasteiger partial charge < -0.3 is 14.8 Å². The molecule has 2 aliphatic rings. The van der Waals surface area contributed by atoms with Crippen LogP contribution in [0.25, 0.3) is 0 Å². The third kappa shape index (κ3) is 4.80. The molecule has 0 amide bonds. The van der Waals surface area contributed by atoms with Gasteiger partial charge in [-0.2, -0.15) is 0 Å². The predicted molar refractivity (Wildman–Crippen MR) is 114 cm³/mol. The zero-order valence-electron chi connectivity index (χ0n) is 17.4. The maximum absolute atomic E-state index is 12.6. The number of anilines is 1. The molecule has 162 valence electrons. The fraction of sp³-hybridized carbons (Fsp3) is 0.524. The Balaban J connectivity index is 1.39. The minimum Gasteiger partial charge on any atom is -0.371 e. The van der Waals surface area contributed by atoms with E-state index < -0.39 is 16.1 Å². The van der Waals surface area contributed by atoms with Crippen LogP contribution in [0.2, 0.25) is 0 Å². The Bertz CT molecular complexity index is 978. The smallest absolute Gasteiger partial charge is 0.223 e. The minimum absolute atomic E-state index is 0.0726. The maximum atomic E-state index is 12.6. The fourth-order valence-corrected chi connectivity index (χ4v) is 5.18. The van der Waals surface area contributed by atoms with Crippen LogP contribution in [0.3, 0.4) is 0 Å². The molecule has 3 heterocycles. The van der Waals surface area contributed by atoms with E-state index in [2.05, 4.69) is 40.8 Å². The van der Waals surface area contributed by atoms with E-state index in [0.29, 0.717) is 12.6 Å². The van der Waals surface area contributed by atoms with Crippen LogP contribution in [0.1, 0.15) is 32.0 Å². The standard InChI is InChI=1S/C21H28N4O4S/c1-21(2,3)17-9-10-22-20(24-17)23-15-11-28-19-16(12-29-18(15)19)25-30(26,27)13-14-7-5-4-6-8-14/h4-10,15-16,18-19,25H,11-13H2,1-3H3,(H,22,23,24). The first kappa shape index (κ1) is 21.2. The number of rotatable bonds is 6. The van der Waals surface area contributed by atoms with Crippen molar-refractivity contribution in [2.75, 3.05) is 18.5 Å². The van der Waals surface area contributed by atoms with Gasteiger partial charge in [0.1, 0.15) is 12.2 Å². The van der Waals surface area contributed by atoms with E-state index in [4.69, 9.17) is 9.47 Å². The van der Waals surface area contributed by atoms with Crippen LogP contribution in [-0.4, -0.2) is 55.9 Å². The molecule has 0 spiro atoms. The van der Waals surface area contributed by atoms with Gasteiger partial charge in [0, 0.05) is 11.6 Å². The Morgan fingerprint density at radius 1 is 1.03 bits per heavy atom. The molecule has 2 aliphatic heterocycles. The normalized spacial score (nSPS) is 26.5. The molecule has 8 nitrogen and oxygen atoms in total. The quantitative estimate of drug-likeness (QED) is 0.718. The molecular weight excluding hydrogens is 404 g/mol. The molecule has 1 aromatic heterocycles. The zero-order valence-corrected chi connectivity index (χ0v) is 18.2. The van der Waals surface area contributed by atoms with E-state index >= 15 is 0 Å². The highest BCUT2D eigenvalue weighted by molar-refractivity contribution is 7.88. The summed E-state index contributed by atoms with van der Waals surface area (Å²) in [6.07, 6.45) is 1.12. The molecular formula is C21H28N4O4S. The van der Waals surface area contributed by atoms with Crippen LogP contribution < -0.4 is 10.0 Å². The number of nitrogens with one attached hydrogen (secondary N) is 2. The highest BCUT2D eigenvalue weighted by Crippen LogP contribution is 2.29. The number of nitrogens with zero attached hydrogens (tertiary/aromatic N) is 2. The van der Waals surface area contributed by atoms with Crippen molar-refractivity contribution >= 4 is 16.0 Å². The van der Waals surface area contributed by atoms with Crippen molar-refractivity contribution in [3.8, 4) is 0 Å². The molecule has 0 radical (unpaired) electrons. The lowest BCUT2D eigenvalue weighted by Gasteiger charge is -2.21. The highest BCUT2D eigenvalue weighted by atomic mass is 32.2. The fourth-order valence-electron chi connectivity index (χ4n) is 3.80. The van der Waals surface area contributed by atoms with Gasteiger partial charge in [-0.3, -0.25) is 0 Å². The summed E-state index contributed by atoms with van der Waals surface area (Å²) in [6, 6.07) is 10.4. The van der Waals surface area contributed by atoms with Crippen molar-refractivity contribution in [1.29, 1.82) is 0 Å². The van der Waals surface area contributed by atoms with Gasteiger partial charge in [-0.25, -0.2) is 23.1 Å². The Labute approximate surface area is 177 Å². The molecule has 30 heavy (non-hydrogen) atoms. The SMILES string of the molecule is CC(C)(C)c1ccnc(NC2COC3C(NS(=O)(=O)Cc4ccccc4)COC23)n1. The van der Waals surface area contributed by atoms with Crippen LogP contribution in [0.5, 0.6) is 0 Å². The van der Waals surface area contributed by atoms with E-state index in [1.54, 1.807) is 18.3 Å². The van der Waals surface area contributed by atoms with Gasteiger partial charge in [-0.1, -0.05) is 51.1 Å². The largest absolute Gasteiger partial charge is 0.371 e. The summed E-state index contributed by atoms with van der Waals surface area (Å²) < 4.78 is 39.7. The van der Waals surface area contributed by atoms with Crippen molar-refractivity contribution < 1.29 is 17.9 Å². The Hall–Kier alpha value is -2.07. The van der Waals surface area contributed by atoms with Gasteiger partial charge in [0.05, 0.1) is 36.7 Å². The molecule has 2 aromatic rings. The average Bonchev–Trinajstić information content (AvgIpc) is 3.25. The summed E-state index contributed by atoms with van der Waals surface area (Å²) >= 11 is 0. The molecule has 2 saturated heterocycles. The first-order chi connectivity index (χ1) is 14.2. The van der Waals surface area contributed by atoms with Crippen LogP contribution >= 0.6 is 0 Å². The van der Waals surface area contributed by atoms with Crippen molar-refractivity contribution in [1.82, 2.24) is 14.7 Å². The van der Waals surface area contributed by atoms with E-state index in [1.807, 2.05) is 24.3 Å². The van der Waals surface area contributed by atoms with E-state index in [-0.39, 0.29) is 36.0 Å². The monoisotopic (exact) mass is 432 g/mol. The molecule has 4 unspecified atom stereocenters. The van der Waals surface area contributed by atoms with Crippen LogP contribution in [0.15, 0.2) is 42.6 Å². The summed E-state index contributed by atoms with van der Waals surface area (Å²) in [5, 5.41) is 3.30. The zero-order chi connectivity index (χ0) is 21.4. The van der Waals surface area contributed by atoms with Crippen LogP contribution in [0, 0.1) is 0 Å². The van der Waals surface area contributed by atoms with Crippen molar-refractivity contribution in [3.63, 3.8) is 0 Å². The summed E-state index contributed by atoms with van der Waals surface area (Å²) in [7, 11) is -3.51. The topological polar surface area (TPSA) is 102 Å². The van der Waals surface area contributed by atoms with Crippen molar-refractivity contribution in [2.24, 2.45) is 0 Å². The van der Waals surface area contributed by atoms with E-state index in [0.717, 1.165) is 11.3 Å². The van der Waals surface area contributed by atoms with Gasteiger partial charge >= 0.3 is 0 Å². The minimum atomic E-state index is -3.51. The third-order valence-corrected chi connectivity index (χ3v) is 6.70. The molecule has 2 N–H and O–H groups in total. The first-order valence-electron chi connectivity index (χ1n) is 10.1. The Morgan fingerprint density at radius 3 is 2.40 bits per heavy atom. The lowest BCUT2D eigenvalue weighted by atomic mass is 9.92. The predicted octanol–water partition coefficient (Wildman–Crippen LogP) is 1.84. The lowest BCUT2D eigenvalue weighted by molar-refractivity contribution is 0.0690. The number of hydrogen-bond donors (Lipinski definition) is 2. The molecule has 4 rings (SSSR count).